The second-order valence-corrected chi connectivity index (χ2v) is 8.11. The van der Waals surface area contributed by atoms with Crippen LogP contribution in [0.5, 0.6) is 0 Å². The predicted molar refractivity (Wildman–Crippen MR) is 98.0 cm³/mol. The summed E-state index contributed by atoms with van der Waals surface area (Å²) < 4.78 is 29.2. The van der Waals surface area contributed by atoms with E-state index in [0.29, 0.717) is 5.69 Å². The van der Waals surface area contributed by atoms with Crippen LogP contribution in [0, 0.1) is 0 Å². The van der Waals surface area contributed by atoms with Crippen molar-refractivity contribution in [3.8, 4) is 0 Å². The van der Waals surface area contributed by atoms with Gasteiger partial charge < -0.3 is 9.67 Å². The lowest BCUT2D eigenvalue weighted by atomic mass is 10.2. The van der Waals surface area contributed by atoms with E-state index in [2.05, 4.69) is 9.71 Å². The zero-order valence-corrected chi connectivity index (χ0v) is 15.3. The van der Waals surface area contributed by atoms with Crippen molar-refractivity contribution in [2.75, 3.05) is 4.72 Å². The van der Waals surface area contributed by atoms with Crippen LogP contribution in [0.15, 0.2) is 75.9 Å². The monoisotopic (exact) mass is 389 g/mol. The van der Waals surface area contributed by atoms with Gasteiger partial charge in [-0.2, -0.15) is 0 Å². The number of carboxylic acid groups (broad SMARTS) is 1. The summed E-state index contributed by atoms with van der Waals surface area (Å²) in [5, 5.41) is 9.82. The molecule has 3 aromatic rings. The molecule has 1 aromatic heterocycles. The van der Waals surface area contributed by atoms with Gasteiger partial charge in [0, 0.05) is 30.0 Å². The van der Waals surface area contributed by atoms with E-state index >= 15 is 0 Å². The van der Waals surface area contributed by atoms with Gasteiger partial charge in [0.2, 0.25) is 0 Å². The molecular weight excluding hydrogens is 374 g/mol. The third-order valence-electron chi connectivity index (χ3n) is 3.48. The van der Waals surface area contributed by atoms with Crippen molar-refractivity contribution in [1.29, 1.82) is 0 Å². The Balaban J connectivity index is 1.77. The Kier molecular flexibility index (Phi) is 5.01. The Hall–Kier alpha value is -2.78. The van der Waals surface area contributed by atoms with Crippen molar-refractivity contribution in [3.63, 3.8) is 0 Å². The van der Waals surface area contributed by atoms with Gasteiger partial charge in [-0.15, -0.1) is 0 Å². The van der Waals surface area contributed by atoms with Crippen LogP contribution < -0.4 is 4.72 Å². The second-order valence-electron chi connectivity index (χ2n) is 5.39. The molecule has 0 aliphatic carbocycles. The first-order valence-corrected chi connectivity index (χ1v) is 9.76. The summed E-state index contributed by atoms with van der Waals surface area (Å²) in [7, 11) is -1.98. The average molecular weight is 389 g/mol. The molecule has 0 saturated heterocycles. The van der Waals surface area contributed by atoms with Crippen LogP contribution in [0.1, 0.15) is 10.4 Å². The largest absolute Gasteiger partial charge is 0.478 e. The number of carbonyl (C=O) groups is 1. The second kappa shape index (κ2) is 7.22. The van der Waals surface area contributed by atoms with E-state index in [1.54, 1.807) is 30.5 Å². The number of carboxylic acids is 1. The zero-order valence-electron chi connectivity index (χ0n) is 13.7. The summed E-state index contributed by atoms with van der Waals surface area (Å²) in [4.78, 5) is 16.0. The molecule has 0 radical (unpaired) electrons. The average Bonchev–Trinajstić information content (AvgIpc) is 3.01. The summed E-state index contributed by atoms with van der Waals surface area (Å²) in [5.41, 5.74) is 0.296. The fraction of sp³-hybridized carbons (Fsp3) is 0.0588. The van der Waals surface area contributed by atoms with Gasteiger partial charge in [0.1, 0.15) is 0 Å². The van der Waals surface area contributed by atoms with Gasteiger partial charge in [-0.05, 0) is 42.5 Å². The summed E-state index contributed by atoms with van der Waals surface area (Å²) in [6.45, 7) is 0. The number of imidazole rings is 1. The van der Waals surface area contributed by atoms with Crippen molar-refractivity contribution in [3.05, 3.63) is 66.5 Å². The molecule has 0 atom stereocenters. The van der Waals surface area contributed by atoms with Gasteiger partial charge in [0.05, 0.1) is 10.5 Å². The van der Waals surface area contributed by atoms with Crippen LogP contribution in [0.2, 0.25) is 0 Å². The number of aromatic carboxylic acids is 1. The first-order valence-electron chi connectivity index (χ1n) is 7.46. The molecule has 0 spiro atoms. The van der Waals surface area contributed by atoms with E-state index in [1.807, 2.05) is 17.8 Å². The first-order chi connectivity index (χ1) is 12.3. The summed E-state index contributed by atoms with van der Waals surface area (Å²) in [6.07, 6.45) is 3.55. The van der Waals surface area contributed by atoms with E-state index in [-0.39, 0.29) is 10.5 Å². The van der Waals surface area contributed by atoms with Gasteiger partial charge in [-0.1, -0.05) is 17.8 Å². The molecular formula is C17H15N3O4S2. The summed E-state index contributed by atoms with van der Waals surface area (Å²) in [6, 6.07) is 12.1. The first kappa shape index (κ1) is 18.0. The summed E-state index contributed by atoms with van der Waals surface area (Å²) >= 11 is 1.46. The Bertz CT molecular complexity index is 1040. The minimum absolute atomic E-state index is 0.0882. The topological polar surface area (TPSA) is 101 Å². The third kappa shape index (κ3) is 4.06. The molecule has 3 rings (SSSR count). The Morgan fingerprint density at radius 1 is 1.19 bits per heavy atom. The number of hydrogen-bond donors (Lipinski definition) is 2. The molecule has 0 saturated carbocycles. The van der Waals surface area contributed by atoms with E-state index in [1.165, 1.54) is 30.0 Å². The van der Waals surface area contributed by atoms with Gasteiger partial charge in [-0.25, -0.2) is 18.2 Å². The van der Waals surface area contributed by atoms with Gasteiger partial charge in [0.15, 0.2) is 5.16 Å². The maximum atomic E-state index is 12.4. The quantitative estimate of drug-likeness (QED) is 0.672. The maximum absolute atomic E-state index is 12.4. The van der Waals surface area contributed by atoms with Crippen LogP contribution in [0.4, 0.5) is 5.69 Å². The Morgan fingerprint density at radius 3 is 2.54 bits per heavy atom. The number of anilines is 1. The molecule has 2 N–H and O–H groups in total. The summed E-state index contributed by atoms with van der Waals surface area (Å²) in [5.74, 6) is -1.18. The highest BCUT2D eigenvalue weighted by molar-refractivity contribution is 7.99. The molecule has 2 aromatic carbocycles. The Labute approximate surface area is 154 Å². The van der Waals surface area contributed by atoms with E-state index in [9.17, 15) is 13.2 Å². The number of nitrogens with zero attached hydrogens (tertiary/aromatic N) is 2. The van der Waals surface area contributed by atoms with Crippen LogP contribution in [0.3, 0.4) is 0 Å². The van der Waals surface area contributed by atoms with Crippen LogP contribution in [-0.4, -0.2) is 29.0 Å². The van der Waals surface area contributed by atoms with Crippen LogP contribution >= 0.6 is 11.8 Å². The molecule has 0 amide bonds. The third-order valence-corrected chi connectivity index (χ3v) is 5.95. The molecule has 0 aliphatic heterocycles. The molecule has 26 heavy (non-hydrogen) atoms. The molecule has 0 unspecified atom stereocenters. The minimum Gasteiger partial charge on any atom is -0.478 e. The number of benzene rings is 2. The SMILES string of the molecule is Cn1ccnc1Sc1ccc(NS(=O)(=O)c2cccc(C(=O)O)c2)cc1. The smallest absolute Gasteiger partial charge is 0.335 e. The van der Waals surface area contributed by atoms with Crippen molar-refractivity contribution < 1.29 is 18.3 Å². The highest BCUT2D eigenvalue weighted by Crippen LogP contribution is 2.27. The fourth-order valence-corrected chi connectivity index (χ4v) is 4.06. The molecule has 0 fully saturated rings. The van der Waals surface area contributed by atoms with Crippen LogP contribution in [0.25, 0.3) is 0 Å². The highest BCUT2D eigenvalue weighted by Gasteiger charge is 2.16. The lowest BCUT2D eigenvalue weighted by Gasteiger charge is -2.09. The maximum Gasteiger partial charge on any atom is 0.335 e. The molecule has 134 valence electrons. The number of aryl methyl sites for hydroxylation is 1. The van der Waals surface area contributed by atoms with Gasteiger partial charge in [-0.3, -0.25) is 4.72 Å². The number of sulfonamides is 1. The normalized spacial score (nSPS) is 11.3. The van der Waals surface area contributed by atoms with Crippen molar-refractivity contribution >= 4 is 33.4 Å². The lowest BCUT2D eigenvalue weighted by Crippen LogP contribution is -2.13. The zero-order chi connectivity index (χ0) is 18.7. The molecule has 9 heteroatoms. The lowest BCUT2D eigenvalue weighted by molar-refractivity contribution is 0.0696. The standard InChI is InChI=1S/C17H15N3O4S2/c1-20-10-9-18-17(20)25-14-7-5-13(6-8-14)19-26(23,24)15-4-2-3-12(11-15)16(21)22/h2-11,19H,1H3,(H,21,22). The van der Waals surface area contributed by atoms with Gasteiger partial charge >= 0.3 is 5.97 Å². The number of rotatable bonds is 6. The molecule has 1 heterocycles. The highest BCUT2D eigenvalue weighted by atomic mass is 32.2. The minimum atomic E-state index is -3.88. The number of hydrogen-bond acceptors (Lipinski definition) is 5. The van der Waals surface area contributed by atoms with Crippen molar-refractivity contribution in [1.82, 2.24) is 9.55 Å². The van der Waals surface area contributed by atoms with Crippen molar-refractivity contribution in [2.45, 2.75) is 14.9 Å². The predicted octanol–water partition coefficient (Wildman–Crippen LogP) is 3.07. The molecule has 0 aliphatic rings. The fourth-order valence-electron chi connectivity index (χ4n) is 2.16. The molecule has 0 bridgehead atoms. The Morgan fingerprint density at radius 2 is 1.92 bits per heavy atom. The van der Waals surface area contributed by atoms with E-state index < -0.39 is 16.0 Å². The molecule has 7 nitrogen and oxygen atoms in total. The van der Waals surface area contributed by atoms with E-state index in [4.69, 9.17) is 5.11 Å². The number of aromatic nitrogens is 2. The van der Waals surface area contributed by atoms with Crippen molar-refractivity contribution in [2.24, 2.45) is 7.05 Å². The van der Waals surface area contributed by atoms with E-state index in [0.717, 1.165) is 16.1 Å². The van der Waals surface area contributed by atoms with Gasteiger partial charge in [0.25, 0.3) is 10.0 Å². The number of nitrogens with one attached hydrogen (secondary N) is 1. The van der Waals surface area contributed by atoms with Crippen LogP contribution in [-0.2, 0) is 17.1 Å².